The van der Waals surface area contributed by atoms with Crippen molar-refractivity contribution in [3.63, 3.8) is 0 Å². The van der Waals surface area contributed by atoms with Crippen molar-refractivity contribution in [2.75, 3.05) is 51.4 Å². The van der Waals surface area contributed by atoms with Crippen LogP contribution in [0.25, 0.3) is 11.3 Å². The van der Waals surface area contributed by atoms with Gasteiger partial charge in [-0.15, -0.1) is 0 Å². The highest BCUT2D eigenvalue weighted by Crippen LogP contribution is 2.34. The largest absolute Gasteiger partial charge is 0.389 e. The van der Waals surface area contributed by atoms with Gasteiger partial charge >= 0.3 is 0 Å². The minimum atomic E-state index is -0.615. The molecule has 0 saturated carbocycles. The summed E-state index contributed by atoms with van der Waals surface area (Å²) in [5.41, 5.74) is 4.05. The molecule has 3 aromatic rings. The van der Waals surface area contributed by atoms with Crippen LogP contribution in [0.1, 0.15) is 24.0 Å². The summed E-state index contributed by atoms with van der Waals surface area (Å²) in [6.07, 6.45) is 1.70. The van der Waals surface area contributed by atoms with Crippen LogP contribution in [0.5, 0.6) is 0 Å². The summed E-state index contributed by atoms with van der Waals surface area (Å²) >= 11 is 0. The molecule has 1 aliphatic rings. The number of nitrogens with zero attached hydrogens (tertiary/aromatic N) is 3. The summed E-state index contributed by atoms with van der Waals surface area (Å²) in [6.45, 7) is 5.05. The number of aliphatic hydroxyl groups is 1. The number of ether oxygens (including phenoxy) is 2. The van der Waals surface area contributed by atoms with Crippen LogP contribution in [0.4, 0.5) is 5.88 Å². The van der Waals surface area contributed by atoms with Crippen molar-refractivity contribution in [3.05, 3.63) is 71.8 Å². The zero-order chi connectivity index (χ0) is 23.6. The van der Waals surface area contributed by atoms with Gasteiger partial charge in [-0.05, 0) is 18.4 Å². The van der Waals surface area contributed by atoms with Gasteiger partial charge in [-0.25, -0.2) is 0 Å². The maximum absolute atomic E-state index is 10.7. The van der Waals surface area contributed by atoms with Gasteiger partial charge in [-0.3, -0.25) is 4.90 Å². The second kappa shape index (κ2) is 12.7. The van der Waals surface area contributed by atoms with Gasteiger partial charge in [-0.1, -0.05) is 65.8 Å². The average molecular weight is 466 g/mol. The number of aromatic nitrogens is 1. The molecule has 0 radical (unpaired) electrons. The first kappa shape index (κ1) is 24.4. The molecule has 1 unspecified atom stereocenters. The van der Waals surface area contributed by atoms with E-state index in [2.05, 4.69) is 27.1 Å². The Morgan fingerprint density at radius 3 is 2.47 bits per heavy atom. The molecule has 0 spiro atoms. The van der Waals surface area contributed by atoms with E-state index in [1.54, 1.807) is 7.11 Å². The summed E-state index contributed by atoms with van der Waals surface area (Å²) in [5.74, 6) is 0.841. The molecule has 182 valence electrons. The zero-order valence-corrected chi connectivity index (χ0v) is 19.9. The molecule has 7 heteroatoms. The van der Waals surface area contributed by atoms with Gasteiger partial charge in [0.1, 0.15) is 5.69 Å². The molecular formula is C27H35N3O4. The van der Waals surface area contributed by atoms with Crippen LogP contribution in [0, 0.1) is 0 Å². The second-order valence-electron chi connectivity index (χ2n) is 8.76. The van der Waals surface area contributed by atoms with Gasteiger partial charge < -0.3 is 24.0 Å². The average Bonchev–Trinajstić information content (AvgIpc) is 3.54. The first-order chi connectivity index (χ1) is 16.7. The van der Waals surface area contributed by atoms with Gasteiger partial charge in [0.25, 0.3) is 0 Å². The van der Waals surface area contributed by atoms with E-state index in [9.17, 15) is 5.11 Å². The van der Waals surface area contributed by atoms with Crippen LogP contribution >= 0.6 is 0 Å². The summed E-state index contributed by atoms with van der Waals surface area (Å²) in [5, 5.41) is 15.2. The Balaban J connectivity index is 1.46. The Morgan fingerprint density at radius 2 is 1.76 bits per heavy atom. The standard InChI is InChI=1S/C27H35N3O4/c1-32-17-16-29(18-24(31)21-33-20-22-10-4-2-5-11-22)19-25-26(23-12-6-3-7-13-23)28-34-27(25)30-14-8-9-15-30/h2-7,10-13,24,31H,8-9,14-21H2,1H3. The topological polar surface area (TPSA) is 71.2 Å². The van der Waals surface area contributed by atoms with E-state index in [1.165, 1.54) is 0 Å². The van der Waals surface area contributed by atoms with Gasteiger partial charge in [0, 0.05) is 45.4 Å². The molecule has 1 fully saturated rings. The maximum Gasteiger partial charge on any atom is 0.232 e. The van der Waals surface area contributed by atoms with Crippen LogP contribution < -0.4 is 4.90 Å². The monoisotopic (exact) mass is 465 g/mol. The van der Waals surface area contributed by atoms with Gasteiger partial charge in [0.2, 0.25) is 5.88 Å². The van der Waals surface area contributed by atoms with Crippen molar-refractivity contribution in [2.24, 2.45) is 0 Å². The second-order valence-corrected chi connectivity index (χ2v) is 8.76. The molecule has 0 amide bonds. The molecular weight excluding hydrogens is 430 g/mol. The van der Waals surface area contributed by atoms with Crippen molar-refractivity contribution < 1.29 is 19.1 Å². The highest BCUT2D eigenvalue weighted by molar-refractivity contribution is 5.68. The van der Waals surface area contributed by atoms with E-state index in [0.717, 1.165) is 54.2 Å². The molecule has 1 aliphatic heterocycles. The molecule has 1 aromatic heterocycles. The number of benzene rings is 2. The Morgan fingerprint density at radius 1 is 1.06 bits per heavy atom. The maximum atomic E-state index is 10.7. The molecule has 1 saturated heterocycles. The third-order valence-corrected chi connectivity index (χ3v) is 6.09. The fourth-order valence-electron chi connectivity index (χ4n) is 4.35. The van der Waals surface area contributed by atoms with Crippen LogP contribution in [0.2, 0.25) is 0 Å². The van der Waals surface area contributed by atoms with Crippen LogP contribution in [-0.4, -0.2) is 67.8 Å². The lowest BCUT2D eigenvalue weighted by molar-refractivity contribution is 0.00482. The summed E-state index contributed by atoms with van der Waals surface area (Å²) in [4.78, 5) is 4.47. The first-order valence-electron chi connectivity index (χ1n) is 12.0. The number of rotatable bonds is 13. The molecule has 2 aromatic carbocycles. The molecule has 1 N–H and O–H groups in total. The molecule has 1 atom stereocenters. The Labute approximate surface area is 201 Å². The number of methoxy groups -OCH3 is 1. The molecule has 0 bridgehead atoms. The predicted octanol–water partition coefficient (Wildman–Crippen LogP) is 3.97. The fraction of sp³-hybridized carbons (Fsp3) is 0.444. The van der Waals surface area contributed by atoms with Crippen LogP contribution in [0.15, 0.2) is 65.2 Å². The van der Waals surface area contributed by atoms with Crippen LogP contribution in [-0.2, 0) is 22.6 Å². The van der Waals surface area contributed by atoms with E-state index in [1.807, 2.05) is 48.5 Å². The molecule has 4 rings (SSSR count). The molecule has 34 heavy (non-hydrogen) atoms. The third-order valence-electron chi connectivity index (χ3n) is 6.09. The summed E-state index contributed by atoms with van der Waals surface area (Å²) in [7, 11) is 1.70. The van der Waals surface area contributed by atoms with E-state index < -0.39 is 6.10 Å². The van der Waals surface area contributed by atoms with Crippen molar-refractivity contribution in [3.8, 4) is 11.3 Å². The van der Waals surface area contributed by atoms with Gasteiger partial charge in [-0.2, -0.15) is 0 Å². The van der Waals surface area contributed by atoms with Crippen LogP contribution in [0.3, 0.4) is 0 Å². The highest BCUT2D eigenvalue weighted by Gasteiger charge is 2.26. The predicted molar refractivity (Wildman–Crippen MR) is 133 cm³/mol. The summed E-state index contributed by atoms with van der Waals surface area (Å²) < 4.78 is 17.0. The summed E-state index contributed by atoms with van der Waals surface area (Å²) in [6, 6.07) is 20.1. The number of hydrogen-bond donors (Lipinski definition) is 1. The normalized spacial score (nSPS) is 14.7. The van der Waals surface area contributed by atoms with Gasteiger partial charge in [0.05, 0.1) is 31.5 Å². The third kappa shape index (κ3) is 6.67. The van der Waals surface area contributed by atoms with E-state index >= 15 is 0 Å². The lowest BCUT2D eigenvalue weighted by Gasteiger charge is -2.26. The van der Waals surface area contributed by atoms with E-state index in [-0.39, 0.29) is 6.61 Å². The minimum absolute atomic E-state index is 0.270. The van der Waals surface area contributed by atoms with E-state index in [0.29, 0.717) is 32.8 Å². The fourth-order valence-corrected chi connectivity index (χ4v) is 4.35. The lowest BCUT2D eigenvalue weighted by Crippen LogP contribution is -2.37. The minimum Gasteiger partial charge on any atom is -0.389 e. The van der Waals surface area contributed by atoms with Gasteiger partial charge in [0.15, 0.2) is 0 Å². The Kier molecular flexibility index (Phi) is 9.10. The number of anilines is 1. The van der Waals surface area contributed by atoms with Crippen molar-refractivity contribution in [1.29, 1.82) is 0 Å². The number of aliphatic hydroxyl groups excluding tert-OH is 1. The van der Waals surface area contributed by atoms with E-state index in [4.69, 9.17) is 14.0 Å². The molecule has 7 nitrogen and oxygen atoms in total. The Bertz CT molecular complexity index is 974. The Hall–Kier alpha value is -2.71. The highest BCUT2D eigenvalue weighted by atomic mass is 16.5. The first-order valence-corrected chi connectivity index (χ1v) is 12.0. The quantitative estimate of drug-likeness (QED) is 0.410. The van der Waals surface area contributed by atoms with Crippen molar-refractivity contribution >= 4 is 5.88 Å². The lowest BCUT2D eigenvalue weighted by atomic mass is 10.1. The molecule has 2 heterocycles. The van der Waals surface area contributed by atoms with Crippen molar-refractivity contribution in [1.82, 2.24) is 10.1 Å². The number of hydrogen-bond acceptors (Lipinski definition) is 7. The molecule has 0 aliphatic carbocycles. The zero-order valence-electron chi connectivity index (χ0n) is 19.9. The SMILES string of the molecule is COCCN(Cc1c(-c2ccccc2)noc1N1CCCC1)CC(O)COCc1ccccc1. The smallest absolute Gasteiger partial charge is 0.232 e. The van der Waals surface area contributed by atoms with Crippen molar-refractivity contribution in [2.45, 2.75) is 32.1 Å².